The minimum Gasteiger partial charge on any atom is -0.293 e. The maximum atomic E-state index is 13.5. The Hall–Kier alpha value is -3.22. The molecule has 6 heteroatoms. The van der Waals surface area contributed by atoms with Crippen molar-refractivity contribution in [3.05, 3.63) is 99.2 Å². The molecule has 32 heavy (non-hydrogen) atoms. The van der Waals surface area contributed by atoms with Gasteiger partial charge in [-0.15, -0.1) is 11.3 Å². The Bertz CT molecular complexity index is 1530. The van der Waals surface area contributed by atoms with Crippen molar-refractivity contribution in [2.24, 2.45) is 0 Å². The molecule has 5 rings (SSSR count). The normalized spacial score (nSPS) is 11.3. The molecule has 0 saturated heterocycles. The van der Waals surface area contributed by atoms with E-state index >= 15 is 0 Å². The van der Waals surface area contributed by atoms with Crippen LogP contribution < -0.4 is 5.56 Å². The molecular formula is C26H20N2O2S2. The van der Waals surface area contributed by atoms with E-state index in [0.717, 1.165) is 31.7 Å². The van der Waals surface area contributed by atoms with Crippen LogP contribution >= 0.6 is 23.1 Å². The van der Waals surface area contributed by atoms with E-state index in [2.05, 4.69) is 0 Å². The molecule has 5 aromatic rings. The second kappa shape index (κ2) is 8.37. The molecule has 0 radical (unpaired) electrons. The van der Waals surface area contributed by atoms with Gasteiger partial charge in [-0.1, -0.05) is 66.4 Å². The predicted molar refractivity (Wildman–Crippen MR) is 134 cm³/mol. The predicted octanol–water partition coefficient (Wildman–Crippen LogP) is 6.19. The van der Waals surface area contributed by atoms with Crippen LogP contribution in [0.3, 0.4) is 0 Å². The van der Waals surface area contributed by atoms with Crippen LogP contribution in [-0.2, 0) is 0 Å². The Labute approximate surface area is 193 Å². The zero-order chi connectivity index (χ0) is 22.2. The van der Waals surface area contributed by atoms with Crippen molar-refractivity contribution in [2.75, 3.05) is 5.75 Å². The number of thiophene rings is 1. The van der Waals surface area contributed by atoms with Gasteiger partial charge in [0.1, 0.15) is 4.83 Å². The Kier molecular flexibility index (Phi) is 5.41. The lowest BCUT2D eigenvalue weighted by Crippen LogP contribution is -2.22. The van der Waals surface area contributed by atoms with E-state index < -0.39 is 0 Å². The van der Waals surface area contributed by atoms with E-state index in [9.17, 15) is 9.59 Å². The smallest absolute Gasteiger partial charge is 0.267 e. The molecule has 0 fully saturated rings. The summed E-state index contributed by atoms with van der Waals surface area (Å²) in [4.78, 5) is 33.1. The van der Waals surface area contributed by atoms with E-state index in [1.165, 1.54) is 23.1 Å². The number of fused-ring (bicyclic) bond motifs is 2. The molecule has 0 N–H and O–H groups in total. The lowest BCUT2D eigenvalue weighted by molar-refractivity contribution is 0.102. The van der Waals surface area contributed by atoms with Gasteiger partial charge in [-0.3, -0.25) is 14.2 Å². The first-order valence-corrected chi connectivity index (χ1v) is 12.1. The summed E-state index contributed by atoms with van der Waals surface area (Å²) < 4.78 is 1.62. The maximum Gasteiger partial charge on any atom is 0.267 e. The van der Waals surface area contributed by atoms with Crippen LogP contribution in [0.1, 0.15) is 20.8 Å². The Morgan fingerprint density at radius 2 is 1.69 bits per heavy atom. The highest BCUT2D eigenvalue weighted by atomic mass is 32.2. The fraction of sp³-hybridized carbons (Fsp3) is 0.115. The zero-order valence-electron chi connectivity index (χ0n) is 17.7. The highest BCUT2D eigenvalue weighted by molar-refractivity contribution is 7.99. The molecule has 0 aliphatic carbocycles. The van der Waals surface area contributed by atoms with Crippen molar-refractivity contribution < 1.29 is 4.79 Å². The van der Waals surface area contributed by atoms with Gasteiger partial charge in [-0.05, 0) is 48.4 Å². The van der Waals surface area contributed by atoms with Crippen LogP contribution in [0.2, 0.25) is 0 Å². The lowest BCUT2D eigenvalue weighted by Gasteiger charge is -2.12. The Balaban J connectivity index is 1.54. The van der Waals surface area contributed by atoms with Gasteiger partial charge in [0, 0.05) is 10.4 Å². The number of rotatable bonds is 5. The standard InChI is InChI=1S/C26H20N2O2S2/c1-16-17(2)32-24-23(16)25(30)28(21-10-4-3-5-11-21)26(27-24)31-15-22(29)20-13-12-18-8-6-7-9-19(18)14-20/h3-14H,15H2,1-2H3. The summed E-state index contributed by atoms with van der Waals surface area (Å²) in [5.41, 5.74) is 2.28. The second-order valence-electron chi connectivity index (χ2n) is 7.61. The number of hydrogen-bond donors (Lipinski definition) is 0. The third-order valence-corrected chi connectivity index (χ3v) is 7.63. The number of benzene rings is 3. The molecule has 0 aliphatic heterocycles. The summed E-state index contributed by atoms with van der Waals surface area (Å²) >= 11 is 2.82. The number of aromatic nitrogens is 2. The molecular weight excluding hydrogens is 436 g/mol. The third-order valence-electron chi connectivity index (χ3n) is 5.59. The Morgan fingerprint density at radius 3 is 2.47 bits per heavy atom. The second-order valence-corrected chi connectivity index (χ2v) is 9.75. The van der Waals surface area contributed by atoms with Gasteiger partial charge in [-0.2, -0.15) is 0 Å². The van der Waals surface area contributed by atoms with Gasteiger partial charge in [0.05, 0.1) is 16.8 Å². The number of Topliss-reactive ketones (excluding diaryl/α,β-unsaturated/α-hetero) is 1. The van der Waals surface area contributed by atoms with Gasteiger partial charge >= 0.3 is 0 Å². The Morgan fingerprint density at radius 1 is 0.969 bits per heavy atom. The molecule has 0 saturated carbocycles. The van der Waals surface area contributed by atoms with Crippen LogP contribution in [0.4, 0.5) is 0 Å². The SMILES string of the molecule is Cc1sc2nc(SCC(=O)c3ccc4ccccc4c3)n(-c3ccccc3)c(=O)c2c1C. The number of nitrogens with zero attached hydrogens (tertiary/aromatic N) is 2. The maximum absolute atomic E-state index is 13.5. The summed E-state index contributed by atoms with van der Waals surface area (Å²) in [5.74, 6) is 0.208. The van der Waals surface area contributed by atoms with Gasteiger partial charge in [0.2, 0.25) is 0 Å². The largest absolute Gasteiger partial charge is 0.293 e. The van der Waals surface area contributed by atoms with Crippen molar-refractivity contribution in [1.29, 1.82) is 0 Å². The monoisotopic (exact) mass is 456 g/mol. The summed E-state index contributed by atoms with van der Waals surface area (Å²) in [6.07, 6.45) is 0. The average molecular weight is 457 g/mol. The van der Waals surface area contributed by atoms with Crippen molar-refractivity contribution in [2.45, 2.75) is 19.0 Å². The van der Waals surface area contributed by atoms with Crippen LogP contribution in [0.5, 0.6) is 0 Å². The number of aryl methyl sites for hydroxylation is 2. The molecule has 3 aromatic carbocycles. The van der Waals surface area contributed by atoms with E-state index in [4.69, 9.17) is 4.98 Å². The third kappa shape index (κ3) is 3.66. The first kappa shape index (κ1) is 20.7. The molecule has 0 aliphatic rings. The van der Waals surface area contributed by atoms with Crippen LogP contribution in [0.15, 0.2) is 82.7 Å². The average Bonchev–Trinajstić information content (AvgIpc) is 3.11. The van der Waals surface area contributed by atoms with Crippen LogP contribution in [0.25, 0.3) is 26.7 Å². The molecule has 4 nitrogen and oxygen atoms in total. The van der Waals surface area contributed by atoms with Crippen molar-refractivity contribution >= 4 is 49.9 Å². The van der Waals surface area contributed by atoms with Gasteiger partial charge < -0.3 is 0 Å². The summed E-state index contributed by atoms with van der Waals surface area (Å²) in [6.45, 7) is 3.96. The molecule has 2 heterocycles. The van der Waals surface area contributed by atoms with E-state index in [1.54, 1.807) is 4.57 Å². The molecule has 0 amide bonds. The molecule has 0 spiro atoms. The molecule has 0 atom stereocenters. The highest BCUT2D eigenvalue weighted by Crippen LogP contribution is 2.30. The molecule has 0 bridgehead atoms. The number of thioether (sulfide) groups is 1. The first-order chi connectivity index (χ1) is 15.5. The zero-order valence-corrected chi connectivity index (χ0v) is 19.3. The molecule has 0 unspecified atom stereocenters. The van der Waals surface area contributed by atoms with E-state index in [1.807, 2.05) is 86.6 Å². The van der Waals surface area contributed by atoms with Gasteiger partial charge in [0.15, 0.2) is 10.9 Å². The fourth-order valence-corrected chi connectivity index (χ4v) is 5.73. The number of para-hydroxylation sites is 1. The fourth-order valence-electron chi connectivity index (χ4n) is 3.75. The summed E-state index contributed by atoms with van der Waals surface area (Å²) in [6, 6.07) is 23.2. The quantitative estimate of drug-likeness (QED) is 0.180. The topological polar surface area (TPSA) is 52.0 Å². The van der Waals surface area contributed by atoms with E-state index in [-0.39, 0.29) is 17.1 Å². The van der Waals surface area contributed by atoms with Crippen molar-refractivity contribution in [3.8, 4) is 5.69 Å². The van der Waals surface area contributed by atoms with Gasteiger partial charge in [-0.25, -0.2) is 4.98 Å². The number of carbonyl (C=O) groups excluding carboxylic acids is 1. The number of carbonyl (C=O) groups is 1. The van der Waals surface area contributed by atoms with Crippen molar-refractivity contribution in [3.63, 3.8) is 0 Å². The number of hydrogen-bond acceptors (Lipinski definition) is 5. The molecule has 2 aromatic heterocycles. The molecule has 158 valence electrons. The number of ketones is 1. The van der Waals surface area contributed by atoms with E-state index in [0.29, 0.717) is 16.1 Å². The minimum atomic E-state index is -0.0938. The summed E-state index contributed by atoms with van der Waals surface area (Å²) in [5, 5.41) is 3.32. The lowest BCUT2D eigenvalue weighted by atomic mass is 10.1. The highest BCUT2D eigenvalue weighted by Gasteiger charge is 2.19. The van der Waals surface area contributed by atoms with Gasteiger partial charge in [0.25, 0.3) is 5.56 Å². The first-order valence-electron chi connectivity index (χ1n) is 10.3. The minimum absolute atomic E-state index is 0.00764. The summed E-state index contributed by atoms with van der Waals surface area (Å²) in [7, 11) is 0. The van der Waals surface area contributed by atoms with Crippen LogP contribution in [0, 0.1) is 13.8 Å². The van der Waals surface area contributed by atoms with Crippen LogP contribution in [-0.4, -0.2) is 21.1 Å². The van der Waals surface area contributed by atoms with Crippen molar-refractivity contribution in [1.82, 2.24) is 9.55 Å².